The number of piperidine rings is 1. The van der Waals surface area contributed by atoms with Gasteiger partial charge in [-0.25, -0.2) is 9.97 Å². The van der Waals surface area contributed by atoms with Gasteiger partial charge in [-0.05, 0) is 50.3 Å². The first-order valence-electron chi connectivity index (χ1n) is 10.8. The van der Waals surface area contributed by atoms with Gasteiger partial charge in [-0.1, -0.05) is 30.4 Å². The quantitative estimate of drug-likeness (QED) is 0.717. The molecule has 0 bridgehead atoms. The van der Waals surface area contributed by atoms with Crippen LogP contribution in [0.4, 0.5) is 0 Å². The number of nitrogens with zero attached hydrogens (tertiary/aromatic N) is 3. The number of amides is 2. The predicted molar refractivity (Wildman–Crippen MR) is 117 cm³/mol. The zero-order valence-corrected chi connectivity index (χ0v) is 17.8. The summed E-state index contributed by atoms with van der Waals surface area (Å²) in [6.45, 7) is 3.55. The zero-order valence-electron chi connectivity index (χ0n) is 17.8. The summed E-state index contributed by atoms with van der Waals surface area (Å²) >= 11 is 0. The van der Waals surface area contributed by atoms with Crippen LogP contribution in [0.1, 0.15) is 41.1 Å². The van der Waals surface area contributed by atoms with E-state index in [1.165, 1.54) is 0 Å². The van der Waals surface area contributed by atoms with Crippen LogP contribution in [0.3, 0.4) is 0 Å². The number of fused-ring (bicyclic) bond motifs is 1. The molecule has 2 aliphatic rings. The van der Waals surface area contributed by atoms with E-state index in [4.69, 9.17) is 4.74 Å². The number of rotatable bonds is 1. The number of likely N-dealkylation sites (tertiary alicyclic amines) is 1. The van der Waals surface area contributed by atoms with Gasteiger partial charge in [0.15, 0.2) is 6.61 Å². The molecule has 3 heterocycles. The number of allylic oxidation sites excluding steroid dienone is 2. The monoisotopic (exact) mass is 420 g/mol. The molecule has 2 aliphatic heterocycles. The molecular formula is C24H28N4O3. The van der Waals surface area contributed by atoms with Crippen molar-refractivity contribution in [3.8, 4) is 5.75 Å². The Morgan fingerprint density at radius 2 is 2.10 bits per heavy atom. The summed E-state index contributed by atoms with van der Waals surface area (Å²) in [5.41, 5.74) is 1.27. The summed E-state index contributed by atoms with van der Waals surface area (Å²) in [4.78, 5) is 35.8. The average molecular weight is 421 g/mol. The second kappa shape index (κ2) is 9.29. The lowest BCUT2D eigenvalue weighted by molar-refractivity contribution is -0.123. The second-order valence-corrected chi connectivity index (χ2v) is 8.37. The maximum Gasteiger partial charge on any atom is 0.272 e. The number of nitrogens with one attached hydrogen (secondary N) is 1. The van der Waals surface area contributed by atoms with Gasteiger partial charge >= 0.3 is 0 Å². The van der Waals surface area contributed by atoms with Crippen LogP contribution in [0.25, 0.3) is 0 Å². The highest BCUT2D eigenvalue weighted by Gasteiger charge is 2.37. The summed E-state index contributed by atoms with van der Waals surface area (Å²) < 4.78 is 5.75. The van der Waals surface area contributed by atoms with E-state index in [0.717, 1.165) is 37.0 Å². The van der Waals surface area contributed by atoms with Crippen molar-refractivity contribution in [1.82, 2.24) is 20.2 Å². The van der Waals surface area contributed by atoms with Crippen molar-refractivity contribution in [3.63, 3.8) is 0 Å². The van der Waals surface area contributed by atoms with Crippen LogP contribution in [0.5, 0.6) is 5.75 Å². The van der Waals surface area contributed by atoms with E-state index < -0.39 is 0 Å². The van der Waals surface area contributed by atoms with Crippen molar-refractivity contribution in [2.75, 3.05) is 26.2 Å². The summed E-state index contributed by atoms with van der Waals surface area (Å²) in [6, 6.07) is 9.46. The predicted octanol–water partition coefficient (Wildman–Crippen LogP) is 2.71. The van der Waals surface area contributed by atoms with Crippen LogP contribution in [-0.2, 0) is 11.2 Å². The van der Waals surface area contributed by atoms with Crippen LogP contribution in [0.15, 0.2) is 48.7 Å². The zero-order chi connectivity index (χ0) is 21.7. The number of benzene rings is 1. The van der Waals surface area contributed by atoms with Gasteiger partial charge in [-0.2, -0.15) is 0 Å². The number of hydrogen-bond donors (Lipinski definition) is 1. The van der Waals surface area contributed by atoms with E-state index in [2.05, 4.69) is 27.4 Å². The highest BCUT2D eigenvalue weighted by molar-refractivity contribution is 5.92. The maximum atomic E-state index is 13.1. The molecule has 4 rings (SSSR count). The molecule has 1 aromatic heterocycles. The fraction of sp³-hybridized carbons (Fsp3) is 0.417. The normalized spacial score (nSPS) is 23.0. The molecule has 162 valence electrons. The Morgan fingerprint density at radius 3 is 2.97 bits per heavy atom. The maximum absolute atomic E-state index is 13.1. The first kappa shape index (κ1) is 21.0. The van der Waals surface area contributed by atoms with E-state index >= 15 is 0 Å². The van der Waals surface area contributed by atoms with Gasteiger partial charge < -0.3 is 15.0 Å². The minimum absolute atomic E-state index is 0.0142. The summed E-state index contributed by atoms with van der Waals surface area (Å²) in [5, 5.41) is 3.04. The fourth-order valence-electron chi connectivity index (χ4n) is 4.34. The van der Waals surface area contributed by atoms with Crippen LogP contribution in [-0.4, -0.2) is 52.9 Å². The molecule has 7 nitrogen and oxygen atoms in total. The number of hydrogen-bond acceptors (Lipinski definition) is 5. The molecule has 1 aromatic carbocycles. The summed E-state index contributed by atoms with van der Waals surface area (Å²) in [6.07, 6.45) is 9.32. The molecule has 1 unspecified atom stereocenters. The first-order valence-corrected chi connectivity index (χ1v) is 10.8. The van der Waals surface area contributed by atoms with E-state index in [0.29, 0.717) is 31.2 Å². The van der Waals surface area contributed by atoms with Crippen molar-refractivity contribution >= 4 is 11.8 Å². The Kier molecular flexibility index (Phi) is 6.30. The highest BCUT2D eigenvalue weighted by atomic mass is 16.5. The van der Waals surface area contributed by atoms with Crippen LogP contribution >= 0.6 is 0 Å². The van der Waals surface area contributed by atoms with Crippen LogP contribution in [0.2, 0.25) is 0 Å². The minimum Gasteiger partial charge on any atom is -0.483 e. The van der Waals surface area contributed by atoms with Gasteiger partial charge in [0.25, 0.3) is 11.8 Å². The Balaban J connectivity index is 1.53. The van der Waals surface area contributed by atoms with Crippen molar-refractivity contribution < 1.29 is 14.3 Å². The molecule has 1 N–H and O–H groups in total. The number of aryl methyl sites for hydroxylation is 1. The lowest BCUT2D eigenvalue weighted by atomic mass is 9.76. The number of carbonyl (C=O) groups is 2. The van der Waals surface area contributed by atoms with Crippen molar-refractivity contribution in [2.24, 2.45) is 5.41 Å². The minimum atomic E-state index is -0.207. The molecule has 0 radical (unpaired) electrons. The summed E-state index contributed by atoms with van der Waals surface area (Å²) in [7, 11) is 0. The average Bonchev–Trinajstić information content (AvgIpc) is 2.79. The molecule has 0 saturated carbocycles. The third-order valence-corrected chi connectivity index (χ3v) is 5.99. The van der Waals surface area contributed by atoms with Gasteiger partial charge in [0, 0.05) is 31.2 Å². The lowest BCUT2D eigenvalue weighted by Gasteiger charge is -2.42. The molecule has 1 fully saturated rings. The standard InChI is InChI=1S/C24H28N4O3/c1-18-25-13-10-20(27-18)23(30)28-14-6-12-24(17-28)11-5-4-8-19-7-2-3-9-21(19)31-15-22(29)26-16-24/h2-5,7,9-10,13H,6,8,11-12,14-17H2,1H3,(H,26,29)/b5-4+. The van der Waals surface area contributed by atoms with Crippen LogP contribution < -0.4 is 10.1 Å². The fourth-order valence-corrected chi connectivity index (χ4v) is 4.34. The Hall–Kier alpha value is -3.22. The molecular weight excluding hydrogens is 392 g/mol. The van der Waals surface area contributed by atoms with E-state index in [1.807, 2.05) is 29.2 Å². The molecule has 0 aliphatic carbocycles. The van der Waals surface area contributed by atoms with Crippen LogP contribution in [0, 0.1) is 12.3 Å². The van der Waals surface area contributed by atoms with Gasteiger partial charge in [0.2, 0.25) is 0 Å². The largest absolute Gasteiger partial charge is 0.483 e. The number of aromatic nitrogens is 2. The molecule has 2 aromatic rings. The Labute approximate surface area is 182 Å². The van der Waals surface area contributed by atoms with Gasteiger partial charge in [-0.15, -0.1) is 0 Å². The highest BCUT2D eigenvalue weighted by Crippen LogP contribution is 2.34. The Morgan fingerprint density at radius 1 is 1.23 bits per heavy atom. The smallest absolute Gasteiger partial charge is 0.272 e. The van der Waals surface area contributed by atoms with Crippen molar-refractivity contribution in [1.29, 1.82) is 0 Å². The summed E-state index contributed by atoms with van der Waals surface area (Å²) in [5.74, 6) is 1.10. The number of para-hydroxylation sites is 1. The molecule has 1 spiro atoms. The Bertz CT molecular complexity index is 990. The topological polar surface area (TPSA) is 84.4 Å². The molecule has 1 saturated heterocycles. The van der Waals surface area contributed by atoms with Gasteiger partial charge in [0.05, 0.1) is 0 Å². The lowest BCUT2D eigenvalue weighted by Crippen LogP contribution is -2.51. The number of ether oxygens (including phenoxy) is 1. The van der Waals surface area contributed by atoms with E-state index in [1.54, 1.807) is 19.2 Å². The number of carbonyl (C=O) groups excluding carboxylic acids is 2. The van der Waals surface area contributed by atoms with Crippen molar-refractivity contribution in [3.05, 3.63) is 65.8 Å². The molecule has 1 atom stereocenters. The molecule has 31 heavy (non-hydrogen) atoms. The molecule has 7 heteroatoms. The third kappa shape index (κ3) is 5.10. The second-order valence-electron chi connectivity index (χ2n) is 8.37. The van der Waals surface area contributed by atoms with Gasteiger partial charge in [0.1, 0.15) is 17.3 Å². The van der Waals surface area contributed by atoms with E-state index in [-0.39, 0.29) is 23.8 Å². The third-order valence-electron chi connectivity index (χ3n) is 5.99. The van der Waals surface area contributed by atoms with Crippen molar-refractivity contribution in [2.45, 2.75) is 32.6 Å². The first-order chi connectivity index (χ1) is 15.0. The van der Waals surface area contributed by atoms with Gasteiger partial charge in [-0.3, -0.25) is 9.59 Å². The molecule has 2 amide bonds. The van der Waals surface area contributed by atoms with E-state index in [9.17, 15) is 9.59 Å². The SMILES string of the molecule is Cc1nccc(C(=O)N2CCCC3(C/C=C/Cc4ccccc4OCC(=O)NC3)C2)n1.